The van der Waals surface area contributed by atoms with Crippen LogP contribution in [0.25, 0.3) is 0 Å². The molecule has 0 radical (unpaired) electrons. The summed E-state index contributed by atoms with van der Waals surface area (Å²) in [6.07, 6.45) is 23.8. The molecule has 0 aromatic carbocycles. The first-order valence-corrected chi connectivity index (χ1v) is 19.3. The summed E-state index contributed by atoms with van der Waals surface area (Å²) in [7, 11) is 0. The van der Waals surface area contributed by atoms with Crippen molar-refractivity contribution in [3.63, 3.8) is 0 Å². The van der Waals surface area contributed by atoms with Crippen molar-refractivity contribution in [1.82, 2.24) is 0 Å². The van der Waals surface area contributed by atoms with Gasteiger partial charge in [0.15, 0.2) is 6.29 Å². The smallest absolute Gasteiger partial charge is 0.306 e. The average Bonchev–Trinajstić information content (AvgIpc) is 3.07. The summed E-state index contributed by atoms with van der Waals surface area (Å²) in [6, 6.07) is 0. The van der Waals surface area contributed by atoms with Crippen molar-refractivity contribution in [2.45, 2.75) is 198 Å². The zero-order chi connectivity index (χ0) is 34.4. The van der Waals surface area contributed by atoms with Crippen molar-refractivity contribution in [2.24, 2.45) is 0 Å². The molecule has 47 heavy (non-hydrogen) atoms. The van der Waals surface area contributed by atoms with Crippen molar-refractivity contribution in [1.29, 1.82) is 0 Å². The lowest BCUT2D eigenvalue weighted by molar-refractivity contribution is -0.305. The minimum Gasteiger partial charge on any atom is -0.457 e. The molecule has 278 valence electrons. The number of allylic oxidation sites excluding steroid dienone is 2. The Hall–Kier alpha value is -1.07. The molecule has 0 amide bonds. The summed E-state index contributed by atoms with van der Waals surface area (Å²) >= 11 is 0. The predicted octanol–water partition coefficient (Wildman–Crippen LogP) is 7.30. The lowest BCUT2D eigenvalue weighted by Crippen LogP contribution is -2.59. The molecular weight excluding hydrogens is 600 g/mol. The third-order valence-electron chi connectivity index (χ3n) is 8.91. The zero-order valence-corrected chi connectivity index (χ0v) is 30.0. The van der Waals surface area contributed by atoms with Gasteiger partial charge in [-0.05, 0) is 32.1 Å². The van der Waals surface area contributed by atoms with Crippen LogP contribution in [0.2, 0.25) is 0 Å². The van der Waals surface area contributed by atoms with E-state index in [1.165, 1.54) is 103 Å². The molecular formula is C38H72O9. The molecule has 1 aliphatic rings. The van der Waals surface area contributed by atoms with Gasteiger partial charge >= 0.3 is 5.97 Å². The van der Waals surface area contributed by atoms with E-state index in [1.54, 1.807) is 0 Å². The second-order valence-corrected chi connectivity index (χ2v) is 13.4. The summed E-state index contributed by atoms with van der Waals surface area (Å²) in [5, 5.41) is 39.9. The van der Waals surface area contributed by atoms with E-state index in [0.29, 0.717) is 13.0 Å². The van der Waals surface area contributed by atoms with E-state index in [9.17, 15) is 25.2 Å². The fraction of sp³-hybridized carbons (Fsp3) is 0.921. The molecule has 1 heterocycles. The number of esters is 1. The SMILES string of the molecule is CCC/C=C\CCCCCCCCOCC(COC1OC(CO)C(O)C(O)C1O)OC(=O)CCCCCCCCCCCCCCC. The Morgan fingerprint density at radius 1 is 0.660 bits per heavy atom. The highest BCUT2D eigenvalue weighted by atomic mass is 16.7. The Bertz CT molecular complexity index is 732. The van der Waals surface area contributed by atoms with Crippen molar-refractivity contribution in [3.05, 3.63) is 12.2 Å². The predicted molar refractivity (Wildman–Crippen MR) is 187 cm³/mol. The fourth-order valence-electron chi connectivity index (χ4n) is 5.85. The molecule has 9 nitrogen and oxygen atoms in total. The molecule has 0 aromatic rings. The van der Waals surface area contributed by atoms with Gasteiger partial charge in [-0.1, -0.05) is 135 Å². The van der Waals surface area contributed by atoms with Crippen LogP contribution in [0.4, 0.5) is 0 Å². The lowest BCUT2D eigenvalue weighted by atomic mass is 9.99. The van der Waals surface area contributed by atoms with Crippen LogP contribution in [0.15, 0.2) is 12.2 Å². The van der Waals surface area contributed by atoms with E-state index in [4.69, 9.17) is 18.9 Å². The van der Waals surface area contributed by atoms with E-state index in [-0.39, 0.29) is 19.2 Å². The van der Waals surface area contributed by atoms with Crippen molar-refractivity contribution < 1.29 is 44.2 Å². The molecule has 1 rings (SSSR count). The van der Waals surface area contributed by atoms with Gasteiger partial charge in [-0.3, -0.25) is 4.79 Å². The third-order valence-corrected chi connectivity index (χ3v) is 8.91. The van der Waals surface area contributed by atoms with Crippen molar-refractivity contribution in [2.75, 3.05) is 26.4 Å². The molecule has 4 N–H and O–H groups in total. The maximum atomic E-state index is 12.7. The number of carbonyl (C=O) groups is 1. The van der Waals surface area contributed by atoms with Crippen LogP contribution in [-0.2, 0) is 23.7 Å². The van der Waals surface area contributed by atoms with Gasteiger partial charge < -0.3 is 39.4 Å². The van der Waals surface area contributed by atoms with Gasteiger partial charge in [0, 0.05) is 13.0 Å². The summed E-state index contributed by atoms with van der Waals surface area (Å²) in [5.41, 5.74) is 0. The normalized spacial score (nSPS) is 22.2. The number of hydrogen-bond acceptors (Lipinski definition) is 9. The number of ether oxygens (including phenoxy) is 4. The summed E-state index contributed by atoms with van der Waals surface area (Å²) in [4.78, 5) is 12.7. The van der Waals surface area contributed by atoms with Gasteiger partial charge in [0.2, 0.25) is 0 Å². The molecule has 0 aromatic heterocycles. The molecule has 6 unspecified atom stereocenters. The Morgan fingerprint density at radius 2 is 1.21 bits per heavy atom. The maximum absolute atomic E-state index is 12.7. The molecule has 6 atom stereocenters. The highest BCUT2D eigenvalue weighted by molar-refractivity contribution is 5.69. The Balaban J connectivity index is 2.33. The second-order valence-electron chi connectivity index (χ2n) is 13.4. The summed E-state index contributed by atoms with van der Waals surface area (Å²) in [6.45, 7) is 4.49. The zero-order valence-electron chi connectivity index (χ0n) is 30.0. The number of carbonyl (C=O) groups excluding carboxylic acids is 1. The van der Waals surface area contributed by atoms with Crippen molar-refractivity contribution >= 4 is 5.97 Å². The molecule has 1 saturated heterocycles. The Labute approximate surface area is 286 Å². The number of aliphatic hydroxyl groups is 4. The van der Waals surface area contributed by atoms with E-state index in [2.05, 4.69) is 26.0 Å². The van der Waals surface area contributed by atoms with Crippen LogP contribution in [0.3, 0.4) is 0 Å². The van der Waals surface area contributed by atoms with Gasteiger partial charge in [-0.25, -0.2) is 0 Å². The minimum absolute atomic E-state index is 0.111. The van der Waals surface area contributed by atoms with Crippen LogP contribution < -0.4 is 0 Å². The van der Waals surface area contributed by atoms with Gasteiger partial charge in [0.25, 0.3) is 0 Å². The van der Waals surface area contributed by atoms with Crippen LogP contribution in [0.5, 0.6) is 0 Å². The van der Waals surface area contributed by atoms with Crippen LogP contribution in [-0.4, -0.2) is 89.6 Å². The van der Waals surface area contributed by atoms with Gasteiger partial charge in [-0.2, -0.15) is 0 Å². The first-order valence-electron chi connectivity index (χ1n) is 19.3. The van der Waals surface area contributed by atoms with E-state index in [0.717, 1.165) is 38.5 Å². The second kappa shape index (κ2) is 30.9. The molecule has 0 bridgehead atoms. The van der Waals surface area contributed by atoms with Crippen LogP contribution >= 0.6 is 0 Å². The standard InChI is InChI=1S/C38H72O9/c1-3-5-7-9-11-13-15-16-17-19-21-23-25-27-34(40)46-32(31-45-38-37(43)36(42)35(41)33(29-39)47-38)30-44-28-26-24-22-20-18-14-12-10-8-6-4-2/h8,10,32-33,35-39,41-43H,3-7,9,11-31H2,1-2H3/b10-8-. The summed E-state index contributed by atoms with van der Waals surface area (Å²) in [5.74, 6) is -0.316. The molecule has 9 heteroatoms. The Kier molecular flexibility index (Phi) is 28.9. The molecule has 0 saturated carbocycles. The fourth-order valence-corrected chi connectivity index (χ4v) is 5.85. The molecule has 0 aliphatic carbocycles. The summed E-state index contributed by atoms with van der Waals surface area (Å²) < 4.78 is 22.7. The van der Waals surface area contributed by atoms with E-state index >= 15 is 0 Å². The molecule has 0 spiro atoms. The number of hydrogen-bond donors (Lipinski definition) is 4. The van der Waals surface area contributed by atoms with Gasteiger partial charge in [0.05, 0.1) is 19.8 Å². The number of rotatable bonds is 32. The molecule has 1 fully saturated rings. The van der Waals surface area contributed by atoms with Crippen LogP contribution in [0, 0.1) is 0 Å². The third kappa shape index (κ3) is 23.1. The molecule has 1 aliphatic heterocycles. The van der Waals surface area contributed by atoms with Crippen molar-refractivity contribution in [3.8, 4) is 0 Å². The number of unbranched alkanes of at least 4 members (excludes halogenated alkanes) is 19. The first-order chi connectivity index (χ1) is 22.9. The van der Waals surface area contributed by atoms with Gasteiger partial charge in [-0.15, -0.1) is 0 Å². The highest BCUT2D eigenvalue weighted by Gasteiger charge is 2.44. The van der Waals surface area contributed by atoms with E-state index < -0.39 is 43.4 Å². The minimum atomic E-state index is -1.53. The Morgan fingerprint density at radius 3 is 1.81 bits per heavy atom. The first kappa shape index (κ1) is 44.0. The lowest BCUT2D eigenvalue weighted by Gasteiger charge is -2.39. The van der Waals surface area contributed by atoms with Crippen LogP contribution in [0.1, 0.15) is 162 Å². The highest BCUT2D eigenvalue weighted by Crippen LogP contribution is 2.22. The monoisotopic (exact) mass is 673 g/mol. The average molecular weight is 673 g/mol. The topological polar surface area (TPSA) is 135 Å². The van der Waals surface area contributed by atoms with Gasteiger partial charge in [0.1, 0.15) is 30.5 Å². The maximum Gasteiger partial charge on any atom is 0.306 e. The largest absolute Gasteiger partial charge is 0.457 e. The number of aliphatic hydroxyl groups excluding tert-OH is 4. The quantitative estimate of drug-likeness (QED) is 0.0330. The van der Waals surface area contributed by atoms with E-state index in [1.807, 2.05) is 0 Å².